The maximum absolute atomic E-state index is 8.33. The fourth-order valence-electron chi connectivity index (χ4n) is 0. The maximum atomic E-state index is 8.33. The maximum Gasteiger partial charge on any atom is 3.00 e. The van der Waals surface area contributed by atoms with Crippen LogP contribution in [-0.2, 0) is 0 Å². The molecule has 0 atom stereocenters. The summed E-state index contributed by atoms with van der Waals surface area (Å²) in [6.07, 6.45) is -2.33. The van der Waals surface area contributed by atoms with E-state index in [1.165, 1.54) is 0 Å². The predicted octanol–water partition coefficient (Wildman–Crippen LogP) is -5.86. The van der Waals surface area contributed by atoms with E-state index in [1.807, 2.05) is 0 Å². The second-order valence-corrected chi connectivity index (χ2v) is 0.250. The molecule has 0 aliphatic carbocycles. The van der Waals surface area contributed by atoms with Crippen molar-refractivity contribution in [3.8, 4) is 0 Å². The van der Waals surface area contributed by atoms with Crippen LogP contribution in [0.1, 0.15) is 0 Å². The van der Waals surface area contributed by atoms with Gasteiger partial charge in [-0.05, 0) is 6.16 Å². The summed E-state index contributed by atoms with van der Waals surface area (Å²) in [6, 6.07) is 0. The first-order valence-electron chi connectivity index (χ1n) is 0.612. The molecule has 0 aliphatic heterocycles. The summed E-state index contributed by atoms with van der Waals surface area (Å²) in [5.74, 6) is 0. The van der Waals surface area contributed by atoms with E-state index >= 15 is 0 Å². The molecule has 0 fully saturated rings. The second-order valence-electron chi connectivity index (χ2n) is 0.250. The largest absolute Gasteiger partial charge is 3.00 e. The van der Waals surface area contributed by atoms with E-state index in [2.05, 4.69) is 0 Å². The minimum atomic E-state index is -2.33. The molecular formula is CH7AlMgO7+2. The summed E-state index contributed by atoms with van der Waals surface area (Å²) in [5.41, 5.74) is 0. The number of carboxylic acid groups (broad SMARTS) is 2. The molecule has 0 rings (SSSR count). The number of rotatable bonds is 0. The molecule has 0 bridgehead atoms. The first-order valence-corrected chi connectivity index (χ1v) is 0.612. The summed E-state index contributed by atoms with van der Waals surface area (Å²) >= 11 is 0. The Hall–Kier alpha value is 0.409. The van der Waals surface area contributed by atoms with Gasteiger partial charge in [0.1, 0.15) is 0 Å². The van der Waals surface area contributed by atoms with E-state index in [9.17, 15) is 0 Å². The molecule has 0 heterocycles. The Kier molecular flexibility index (Phi) is 454. The summed E-state index contributed by atoms with van der Waals surface area (Å²) in [7, 11) is 0. The van der Waals surface area contributed by atoms with E-state index < -0.39 is 6.16 Å². The van der Waals surface area contributed by atoms with Crippen molar-refractivity contribution in [3.63, 3.8) is 0 Å². The molecule has 0 aromatic carbocycles. The van der Waals surface area contributed by atoms with Crippen LogP contribution in [0.5, 0.6) is 0 Å². The third-order valence-electron chi connectivity index (χ3n) is 0. The van der Waals surface area contributed by atoms with Crippen LogP contribution in [0.4, 0.5) is 4.79 Å². The van der Waals surface area contributed by atoms with Crippen molar-refractivity contribution in [2.24, 2.45) is 0 Å². The zero-order valence-electron chi connectivity index (χ0n) is 4.96. The Bertz CT molecular complexity index is 36.6. The molecule has 56 valence electrons. The van der Waals surface area contributed by atoms with Crippen LogP contribution >= 0.6 is 0 Å². The second kappa shape index (κ2) is 57.3. The van der Waals surface area contributed by atoms with Crippen molar-refractivity contribution in [2.45, 2.75) is 0 Å². The van der Waals surface area contributed by atoms with Gasteiger partial charge in [0.25, 0.3) is 0 Å². The Balaban J connectivity index is -0.00000000300. The molecule has 7 N–H and O–H groups in total. The molecule has 0 radical (unpaired) electrons. The van der Waals surface area contributed by atoms with Gasteiger partial charge in [0.2, 0.25) is 0 Å². The molecular weight excluding hydrogens is 175 g/mol. The van der Waals surface area contributed by atoms with Crippen LogP contribution in [0, 0.1) is 0 Å². The minimum Gasteiger partial charge on any atom is -0.870 e. The van der Waals surface area contributed by atoms with Crippen LogP contribution in [-0.4, -0.2) is 68.5 Å². The monoisotopic (exact) mass is 182 g/mol. The van der Waals surface area contributed by atoms with Crippen molar-refractivity contribution in [1.29, 1.82) is 0 Å². The Morgan fingerprint density at radius 3 is 1.00 bits per heavy atom. The summed E-state index contributed by atoms with van der Waals surface area (Å²) < 4.78 is 0. The zero-order valence-corrected chi connectivity index (χ0v) is 7.53. The van der Waals surface area contributed by atoms with Crippen molar-refractivity contribution in [1.82, 2.24) is 0 Å². The number of hydrogen-bond donors (Lipinski definition) is 0. The third kappa shape index (κ3) is 2760. The molecule has 0 aliphatic rings. The van der Waals surface area contributed by atoms with Crippen LogP contribution in [0.15, 0.2) is 0 Å². The van der Waals surface area contributed by atoms with Crippen molar-refractivity contribution in [2.75, 3.05) is 0 Å². The molecule has 0 unspecified atom stereocenters. The van der Waals surface area contributed by atoms with E-state index in [-0.39, 0.29) is 62.3 Å². The zero-order chi connectivity index (χ0) is 3.58. The van der Waals surface area contributed by atoms with Gasteiger partial charge in [-0.1, -0.05) is 0 Å². The topological polar surface area (TPSA) is 188 Å². The predicted molar refractivity (Wildman–Crippen MR) is 29.7 cm³/mol. The molecule has 0 aromatic heterocycles. The van der Waals surface area contributed by atoms with Crippen molar-refractivity contribution < 1.29 is 36.9 Å². The Labute approximate surface area is 83.6 Å². The van der Waals surface area contributed by atoms with Gasteiger partial charge in [0, 0.05) is 0 Å². The molecule has 0 saturated heterocycles. The van der Waals surface area contributed by atoms with E-state index in [0.29, 0.717) is 0 Å². The van der Waals surface area contributed by atoms with E-state index in [0.717, 1.165) is 0 Å². The van der Waals surface area contributed by atoms with Gasteiger partial charge in [0.05, 0.1) is 0 Å². The molecule has 10 heavy (non-hydrogen) atoms. The van der Waals surface area contributed by atoms with Crippen LogP contribution in [0.3, 0.4) is 0 Å². The summed E-state index contributed by atoms with van der Waals surface area (Å²) in [5, 5.41) is 16.7. The molecule has 7 nitrogen and oxygen atoms in total. The Morgan fingerprint density at radius 2 is 1.00 bits per heavy atom. The number of carbonyl (C=O) groups excluding carboxylic acids is 1. The average Bonchev–Trinajstić information content (AvgIpc) is 0.811. The van der Waals surface area contributed by atoms with Gasteiger partial charge >= 0.3 is 40.4 Å². The van der Waals surface area contributed by atoms with Crippen LogP contribution in [0.25, 0.3) is 0 Å². The summed E-state index contributed by atoms with van der Waals surface area (Å²) in [4.78, 5) is 8.33. The standard InChI is InChI=1S/CH2O3.Al.Mg.4H2O/c2-1(3)4;;;;;;/h(H2,2,3,4);;;4*1H2/q;+3;+2;;;;/p-3. The molecule has 9 heteroatoms. The van der Waals surface area contributed by atoms with Crippen LogP contribution < -0.4 is 10.2 Å². The van der Waals surface area contributed by atoms with E-state index in [1.54, 1.807) is 0 Å². The van der Waals surface area contributed by atoms with E-state index in [4.69, 9.17) is 15.0 Å². The fourth-order valence-corrected chi connectivity index (χ4v) is 0. The SMILES string of the molecule is O.O.O.O=C([O-])[O-].[Al+3].[Mg+2].[OH-]. The molecule has 0 amide bonds. The van der Waals surface area contributed by atoms with Gasteiger partial charge in [-0.2, -0.15) is 0 Å². The quantitative estimate of drug-likeness (QED) is 0.337. The number of hydrogen-bond acceptors (Lipinski definition) is 4. The van der Waals surface area contributed by atoms with Gasteiger partial charge < -0.3 is 36.9 Å². The normalized spacial score (nSPS) is 2.40. The fraction of sp³-hybridized carbons (Fsp3) is 0. The van der Waals surface area contributed by atoms with Gasteiger partial charge in [0.15, 0.2) is 0 Å². The van der Waals surface area contributed by atoms with Crippen LogP contribution in [0.2, 0.25) is 0 Å². The first kappa shape index (κ1) is 79.3. The Morgan fingerprint density at radius 1 is 1.00 bits per heavy atom. The van der Waals surface area contributed by atoms with Gasteiger partial charge in [-0.3, -0.25) is 0 Å². The van der Waals surface area contributed by atoms with Crippen molar-refractivity contribution >= 4 is 46.6 Å². The van der Waals surface area contributed by atoms with Gasteiger partial charge in [-0.25, -0.2) is 0 Å². The van der Waals surface area contributed by atoms with Gasteiger partial charge in [-0.15, -0.1) is 0 Å². The van der Waals surface area contributed by atoms with Crippen molar-refractivity contribution in [3.05, 3.63) is 0 Å². The first-order chi connectivity index (χ1) is 1.73. The summed E-state index contributed by atoms with van der Waals surface area (Å²) in [6.45, 7) is 0. The minimum absolute atomic E-state index is 0. The number of carbonyl (C=O) groups is 1. The molecule has 0 aromatic rings. The third-order valence-corrected chi connectivity index (χ3v) is 0. The molecule has 0 spiro atoms. The smallest absolute Gasteiger partial charge is 0.870 e. The molecule has 0 saturated carbocycles. The average molecular weight is 182 g/mol.